The summed E-state index contributed by atoms with van der Waals surface area (Å²) in [5.74, 6) is 6.94. The second-order valence-electron chi connectivity index (χ2n) is 3.46. The number of aromatic nitrogens is 2. The Morgan fingerprint density at radius 1 is 1.29 bits per heavy atom. The number of hydrogen-bond donors (Lipinski definition) is 2. The summed E-state index contributed by atoms with van der Waals surface area (Å²) in [7, 11) is 0. The van der Waals surface area contributed by atoms with Gasteiger partial charge in [-0.3, -0.25) is 4.57 Å². The number of aromatic amines is 1. The fourth-order valence-electron chi connectivity index (χ4n) is 1.45. The van der Waals surface area contributed by atoms with E-state index >= 15 is 0 Å². The Bertz CT molecular complexity index is 597. The van der Waals surface area contributed by atoms with Crippen LogP contribution in [0.2, 0.25) is 0 Å². The van der Waals surface area contributed by atoms with Gasteiger partial charge in [-0.05, 0) is 36.5 Å². The fraction of sp³-hybridized carbons (Fsp3) is 0.154. The minimum absolute atomic E-state index is 0.693. The highest BCUT2D eigenvalue weighted by molar-refractivity contribution is 7.80. The minimum Gasteiger partial charge on any atom is -0.337 e. The molecule has 0 atom stereocenters. The van der Waals surface area contributed by atoms with E-state index in [1.807, 2.05) is 41.2 Å². The van der Waals surface area contributed by atoms with Crippen molar-refractivity contribution in [1.29, 1.82) is 0 Å². The van der Waals surface area contributed by atoms with E-state index < -0.39 is 0 Å². The Labute approximate surface area is 111 Å². The Kier molecular flexibility index (Phi) is 4.08. The summed E-state index contributed by atoms with van der Waals surface area (Å²) in [6, 6.07) is 8.01. The van der Waals surface area contributed by atoms with Crippen LogP contribution in [0.5, 0.6) is 0 Å². The highest BCUT2D eigenvalue weighted by Gasteiger charge is 1.96. The molecule has 86 valence electrons. The monoisotopic (exact) mass is 260 g/mol. The Hall–Kier alpha value is -1.44. The molecule has 0 bridgehead atoms. The van der Waals surface area contributed by atoms with Gasteiger partial charge in [0.1, 0.15) is 0 Å². The van der Waals surface area contributed by atoms with Gasteiger partial charge in [0.15, 0.2) is 4.77 Å². The summed E-state index contributed by atoms with van der Waals surface area (Å²) >= 11 is 9.27. The zero-order valence-electron chi connectivity index (χ0n) is 9.18. The fourth-order valence-corrected chi connectivity index (χ4v) is 1.80. The predicted octanol–water partition coefficient (Wildman–Crippen LogP) is 3.21. The van der Waals surface area contributed by atoms with E-state index in [9.17, 15) is 0 Å². The summed E-state index contributed by atoms with van der Waals surface area (Å²) in [5.41, 5.74) is 2.05. The molecule has 4 heteroatoms. The van der Waals surface area contributed by atoms with Crippen LogP contribution in [0.4, 0.5) is 0 Å². The number of hydrogen-bond acceptors (Lipinski definition) is 2. The second-order valence-corrected chi connectivity index (χ2v) is 4.29. The lowest BCUT2D eigenvalue weighted by Crippen LogP contribution is -1.91. The first-order chi connectivity index (χ1) is 8.31. The first kappa shape index (κ1) is 12.0. The molecule has 2 rings (SSSR count). The summed E-state index contributed by atoms with van der Waals surface area (Å²) in [6.07, 6.45) is 4.54. The average Bonchev–Trinajstić information content (AvgIpc) is 2.77. The van der Waals surface area contributed by atoms with Gasteiger partial charge in [0, 0.05) is 35.8 Å². The van der Waals surface area contributed by atoms with Gasteiger partial charge in [-0.1, -0.05) is 11.8 Å². The molecule has 1 aromatic carbocycles. The van der Waals surface area contributed by atoms with Crippen LogP contribution in [-0.2, 0) is 0 Å². The van der Waals surface area contributed by atoms with Crippen LogP contribution in [0, 0.1) is 16.6 Å². The topological polar surface area (TPSA) is 20.7 Å². The average molecular weight is 260 g/mol. The van der Waals surface area contributed by atoms with E-state index in [0.717, 1.165) is 23.4 Å². The highest BCUT2D eigenvalue weighted by atomic mass is 32.1. The molecule has 1 aromatic heterocycles. The molecule has 1 heterocycles. The minimum atomic E-state index is 0.693. The lowest BCUT2D eigenvalue weighted by atomic mass is 10.2. The van der Waals surface area contributed by atoms with Gasteiger partial charge in [-0.15, -0.1) is 0 Å². The molecule has 0 saturated heterocycles. The van der Waals surface area contributed by atoms with Crippen LogP contribution < -0.4 is 0 Å². The SMILES string of the molecule is S=c1[nH]ccn1-c1ccc(C#CCCS)cc1. The number of benzene rings is 1. The molecule has 0 aliphatic rings. The quantitative estimate of drug-likeness (QED) is 0.483. The number of rotatable bonds is 2. The molecule has 2 aromatic rings. The summed E-state index contributed by atoms with van der Waals surface area (Å²) < 4.78 is 2.61. The third-order valence-electron chi connectivity index (χ3n) is 2.26. The van der Waals surface area contributed by atoms with E-state index in [0.29, 0.717) is 4.77 Å². The molecule has 0 aliphatic carbocycles. The van der Waals surface area contributed by atoms with Gasteiger partial charge in [0.25, 0.3) is 0 Å². The second kappa shape index (κ2) is 5.76. The van der Waals surface area contributed by atoms with Crippen LogP contribution in [0.3, 0.4) is 0 Å². The third-order valence-corrected chi connectivity index (χ3v) is 2.80. The first-order valence-electron chi connectivity index (χ1n) is 5.27. The number of nitrogens with zero attached hydrogens (tertiary/aromatic N) is 1. The molecule has 0 amide bonds. The van der Waals surface area contributed by atoms with Gasteiger partial charge in [0.05, 0.1) is 0 Å². The maximum absolute atomic E-state index is 5.16. The largest absolute Gasteiger partial charge is 0.337 e. The molecule has 0 unspecified atom stereocenters. The van der Waals surface area contributed by atoms with Crippen molar-refractivity contribution < 1.29 is 0 Å². The molecule has 2 nitrogen and oxygen atoms in total. The van der Waals surface area contributed by atoms with Crippen molar-refractivity contribution in [3.63, 3.8) is 0 Å². The third kappa shape index (κ3) is 3.02. The van der Waals surface area contributed by atoms with Crippen LogP contribution in [0.1, 0.15) is 12.0 Å². The molecular weight excluding hydrogens is 248 g/mol. The zero-order chi connectivity index (χ0) is 12.1. The van der Waals surface area contributed by atoms with Crippen LogP contribution in [0.25, 0.3) is 5.69 Å². The lowest BCUT2D eigenvalue weighted by molar-refractivity contribution is 1.03. The van der Waals surface area contributed by atoms with E-state index in [1.165, 1.54) is 0 Å². The molecule has 0 saturated carbocycles. The van der Waals surface area contributed by atoms with E-state index in [4.69, 9.17) is 12.2 Å². The predicted molar refractivity (Wildman–Crippen MR) is 76.3 cm³/mol. The molecule has 1 N–H and O–H groups in total. The van der Waals surface area contributed by atoms with Crippen molar-refractivity contribution in [3.8, 4) is 17.5 Å². The number of imidazole rings is 1. The lowest BCUT2D eigenvalue weighted by Gasteiger charge is -2.01. The number of thiol groups is 1. The van der Waals surface area contributed by atoms with E-state index in [-0.39, 0.29) is 0 Å². The van der Waals surface area contributed by atoms with Crippen molar-refractivity contribution in [1.82, 2.24) is 9.55 Å². The Morgan fingerprint density at radius 3 is 2.65 bits per heavy atom. The van der Waals surface area contributed by atoms with Crippen molar-refractivity contribution in [2.45, 2.75) is 6.42 Å². The Morgan fingerprint density at radius 2 is 2.06 bits per heavy atom. The summed E-state index contributed by atoms with van der Waals surface area (Å²) in [6.45, 7) is 0. The van der Waals surface area contributed by atoms with Gasteiger partial charge in [-0.2, -0.15) is 12.6 Å². The van der Waals surface area contributed by atoms with Crippen LogP contribution in [0.15, 0.2) is 36.7 Å². The van der Waals surface area contributed by atoms with Crippen molar-refractivity contribution >= 4 is 24.8 Å². The molecular formula is C13H12N2S2. The van der Waals surface area contributed by atoms with Crippen molar-refractivity contribution in [2.24, 2.45) is 0 Å². The molecule has 17 heavy (non-hydrogen) atoms. The van der Waals surface area contributed by atoms with E-state index in [1.54, 1.807) is 0 Å². The van der Waals surface area contributed by atoms with Crippen molar-refractivity contribution in [3.05, 3.63) is 47.0 Å². The summed E-state index contributed by atoms with van der Waals surface area (Å²) in [5, 5.41) is 0. The summed E-state index contributed by atoms with van der Waals surface area (Å²) in [4.78, 5) is 2.96. The van der Waals surface area contributed by atoms with Gasteiger partial charge in [0.2, 0.25) is 0 Å². The number of nitrogens with one attached hydrogen (secondary N) is 1. The first-order valence-corrected chi connectivity index (χ1v) is 6.31. The molecule has 0 spiro atoms. The van der Waals surface area contributed by atoms with Crippen LogP contribution in [-0.4, -0.2) is 15.3 Å². The standard InChI is InChI=1S/C13H12N2S2/c16-10-2-1-3-11-4-6-12(7-5-11)15-9-8-14-13(15)17/h4-9,16H,2,10H2,(H,14,17). The van der Waals surface area contributed by atoms with Gasteiger partial charge < -0.3 is 4.98 Å². The zero-order valence-corrected chi connectivity index (χ0v) is 10.9. The maximum Gasteiger partial charge on any atom is 0.181 e. The van der Waals surface area contributed by atoms with E-state index in [2.05, 4.69) is 29.5 Å². The van der Waals surface area contributed by atoms with Crippen molar-refractivity contribution in [2.75, 3.05) is 5.75 Å². The van der Waals surface area contributed by atoms with Crippen LogP contribution >= 0.6 is 24.8 Å². The normalized spacial score (nSPS) is 9.71. The molecule has 0 aliphatic heterocycles. The van der Waals surface area contributed by atoms with Gasteiger partial charge >= 0.3 is 0 Å². The van der Waals surface area contributed by atoms with Gasteiger partial charge in [-0.25, -0.2) is 0 Å². The smallest absolute Gasteiger partial charge is 0.181 e. The molecule has 0 radical (unpaired) electrons. The molecule has 0 fully saturated rings. The highest BCUT2D eigenvalue weighted by Crippen LogP contribution is 2.09. The Balaban J connectivity index is 2.23. The number of H-pyrrole nitrogens is 1. The maximum atomic E-state index is 5.16.